The summed E-state index contributed by atoms with van der Waals surface area (Å²) in [6.07, 6.45) is 0.739. The molecule has 0 aliphatic carbocycles. The molecular formula is C15H20ClFN2O3. The minimum absolute atomic E-state index is 0.0354. The molecule has 1 aromatic carbocycles. The predicted octanol–water partition coefficient (Wildman–Crippen LogP) is 2.33. The minimum Gasteiger partial charge on any atom is -0.388 e. The lowest BCUT2D eigenvalue weighted by Gasteiger charge is -2.29. The fourth-order valence-corrected chi connectivity index (χ4v) is 1.90. The number of anilines is 1. The van der Waals surface area contributed by atoms with Gasteiger partial charge in [0.15, 0.2) is 0 Å². The lowest BCUT2D eigenvalue weighted by atomic mass is 9.89. The third-order valence-corrected chi connectivity index (χ3v) is 3.95. The highest BCUT2D eigenvalue weighted by Crippen LogP contribution is 2.20. The first kappa shape index (κ1) is 18.4. The number of hydrogen-bond acceptors (Lipinski definition) is 3. The molecule has 7 heteroatoms. The van der Waals surface area contributed by atoms with Crippen LogP contribution in [-0.2, 0) is 9.59 Å². The van der Waals surface area contributed by atoms with E-state index in [0.29, 0.717) is 0 Å². The number of halogens is 2. The average molecular weight is 331 g/mol. The van der Waals surface area contributed by atoms with Crippen molar-refractivity contribution in [2.45, 2.75) is 32.8 Å². The Labute approximate surface area is 133 Å². The van der Waals surface area contributed by atoms with E-state index in [1.165, 1.54) is 12.1 Å². The normalized spacial score (nSPS) is 14.8. The summed E-state index contributed by atoms with van der Waals surface area (Å²) < 4.78 is 13.0. The molecule has 0 aliphatic heterocycles. The van der Waals surface area contributed by atoms with E-state index in [0.717, 1.165) is 12.5 Å². The molecule has 0 bridgehead atoms. The Morgan fingerprint density at radius 2 is 2.05 bits per heavy atom. The molecule has 2 amide bonds. The van der Waals surface area contributed by atoms with E-state index in [9.17, 15) is 19.1 Å². The standard InChI is InChI=1S/C15H20ClFN2O3/c1-4-9(2)15(3,22)8-18-13(20)14(21)19-10-5-6-12(17)11(16)7-10/h5-7,9,22H,4,8H2,1-3H3,(H,18,20)(H,19,21)/t9-,15-/m0/s1. The Hall–Kier alpha value is -1.66. The Bertz CT molecular complexity index is 564. The molecule has 1 rings (SSSR count). The molecule has 0 heterocycles. The largest absolute Gasteiger partial charge is 0.388 e. The second-order valence-corrected chi connectivity index (χ2v) is 5.84. The molecule has 2 atom stereocenters. The Balaban J connectivity index is 2.59. The molecule has 0 saturated heterocycles. The van der Waals surface area contributed by atoms with Gasteiger partial charge in [-0.2, -0.15) is 0 Å². The van der Waals surface area contributed by atoms with E-state index >= 15 is 0 Å². The maximum atomic E-state index is 13.0. The lowest BCUT2D eigenvalue weighted by molar-refractivity contribution is -0.137. The molecule has 22 heavy (non-hydrogen) atoms. The molecule has 0 aliphatic rings. The molecule has 3 N–H and O–H groups in total. The summed E-state index contributed by atoms with van der Waals surface area (Å²) in [5, 5.41) is 14.7. The van der Waals surface area contributed by atoms with E-state index in [1.54, 1.807) is 6.92 Å². The third-order valence-electron chi connectivity index (χ3n) is 3.66. The molecule has 0 spiro atoms. The first-order valence-corrected chi connectivity index (χ1v) is 7.31. The van der Waals surface area contributed by atoms with Gasteiger partial charge in [0.2, 0.25) is 0 Å². The molecule has 0 unspecified atom stereocenters. The van der Waals surface area contributed by atoms with Crippen LogP contribution in [0.1, 0.15) is 27.2 Å². The van der Waals surface area contributed by atoms with E-state index in [-0.39, 0.29) is 23.2 Å². The van der Waals surface area contributed by atoms with Crippen molar-refractivity contribution >= 4 is 29.1 Å². The summed E-state index contributed by atoms with van der Waals surface area (Å²) in [6.45, 7) is 5.33. The SMILES string of the molecule is CC[C@H](C)[C@@](C)(O)CNC(=O)C(=O)Nc1ccc(F)c(Cl)c1. The van der Waals surface area contributed by atoms with Gasteiger partial charge >= 0.3 is 11.8 Å². The van der Waals surface area contributed by atoms with Crippen molar-refractivity contribution in [2.24, 2.45) is 5.92 Å². The molecule has 5 nitrogen and oxygen atoms in total. The number of rotatable bonds is 5. The van der Waals surface area contributed by atoms with Crippen molar-refractivity contribution in [1.29, 1.82) is 0 Å². The maximum Gasteiger partial charge on any atom is 0.313 e. The molecular weight excluding hydrogens is 311 g/mol. The van der Waals surface area contributed by atoms with Crippen molar-refractivity contribution < 1.29 is 19.1 Å². The van der Waals surface area contributed by atoms with Crippen molar-refractivity contribution in [3.63, 3.8) is 0 Å². The summed E-state index contributed by atoms with van der Waals surface area (Å²) in [4.78, 5) is 23.4. The maximum absolute atomic E-state index is 13.0. The zero-order valence-electron chi connectivity index (χ0n) is 12.7. The number of amides is 2. The highest BCUT2D eigenvalue weighted by molar-refractivity contribution is 6.39. The van der Waals surface area contributed by atoms with Gasteiger partial charge in [0, 0.05) is 12.2 Å². The summed E-state index contributed by atoms with van der Waals surface area (Å²) in [5.74, 6) is -2.45. The fourth-order valence-electron chi connectivity index (χ4n) is 1.72. The van der Waals surface area contributed by atoms with Gasteiger partial charge in [-0.05, 0) is 31.0 Å². The number of nitrogens with one attached hydrogen (secondary N) is 2. The minimum atomic E-state index is -1.11. The van der Waals surface area contributed by atoms with Gasteiger partial charge in [0.25, 0.3) is 0 Å². The fraction of sp³-hybridized carbons (Fsp3) is 0.467. The van der Waals surface area contributed by atoms with E-state index < -0.39 is 23.2 Å². The lowest BCUT2D eigenvalue weighted by Crippen LogP contribution is -2.47. The smallest absolute Gasteiger partial charge is 0.313 e. The first-order valence-electron chi connectivity index (χ1n) is 6.94. The van der Waals surface area contributed by atoms with Crippen LogP contribution >= 0.6 is 11.6 Å². The second-order valence-electron chi connectivity index (χ2n) is 5.43. The highest BCUT2D eigenvalue weighted by Gasteiger charge is 2.28. The van der Waals surface area contributed by atoms with Crippen molar-refractivity contribution in [2.75, 3.05) is 11.9 Å². The van der Waals surface area contributed by atoms with E-state index in [4.69, 9.17) is 11.6 Å². The van der Waals surface area contributed by atoms with E-state index in [1.807, 2.05) is 13.8 Å². The zero-order valence-corrected chi connectivity index (χ0v) is 13.5. The highest BCUT2D eigenvalue weighted by atomic mass is 35.5. The summed E-state index contributed by atoms with van der Waals surface area (Å²) in [6, 6.07) is 3.59. The van der Waals surface area contributed by atoms with Gasteiger partial charge in [-0.3, -0.25) is 9.59 Å². The number of benzene rings is 1. The van der Waals surface area contributed by atoms with Crippen molar-refractivity contribution in [1.82, 2.24) is 5.32 Å². The number of carbonyl (C=O) groups excluding carboxylic acids is 2. The van der Waals surface area contributed by atoms with Crippen LogP contribution in [0.5, 0.6) is 0 Å². The first-order chi connectivity index (χ1) is 10.2. The van der Waals surface area contributed by atoms with Gasteiger partial charge in [0.05, 0.1) is 10.6 Å². The van der Waals surface area contributed by atoms with E-state index in [2.05, 4.69) is 10.6 Å². The van der Waals surface area contributed by atoms with Crippen LogP contribution < -0.4 is 10.6 Å². The number of carbonyl (C=O) groups is 2. The Kier molecular flexibility index (Phi) is 6.32. The van der Waals surface area contributed by atoms with Crippen molar-refractivity contribution in [3.8, 4) is 0 Å². The van der Waals surface area contributed by atoms with Crippen LogP contribution in [0.3, 0.4) is 0 Å². The summed E-state index contributed by atoms with van der Waals surface area (Å²) in [7, 11) is 0. The zero-order chi connectivity index (χ0) is 16.9. The van der Waals surface area contributed by atoms with Crippen LogP contribution in [0.15, 0.2) is 18.2 Å². The van der Waals surface area contributed by atoms with Gasteiger partial charge in [-0.1, -0.05) is 31.9 Å². The quantitative estimate of drug-likeness (QED) is 0.725. The second kappa shape index (κ2) is 7.56. The van der Waals surface area contributed by atoms with Gasteiger partial charge in [0.1, 0.15) is 5.82 Å². The van der Waals surface area contributed by atoms with Crippen LogP contribution in [0.4, 0.5) is 10.1 Å². The van der Waals surface area contributed by atoms with Crippen LogP contribution in [-0.4, -0.2) is 29.1 Å². The summed E-state index contributed by atoms with van der Waals surface area (Å²) >= 11 is 5.59. The molecule has 0 aromatic heterocycles. The van der Waals surface area contributed by atoms with Crippen LogP contribution in [0.25, 0.3) is 0 Å². The van der Waals surface area contributed by atoms with Gasteiger partial charge in [-0.15, -0.1) is 0 Å². The predicted molar refractivity (Wildman–Crippen MR) is 83.1 cm³/mol. The van der Waals surface area contributed by atoms with Gasteiger partial charge < -0.3 is 15.7 Å². The summed E-state index contributed by atoms with van der Waals surface area (Å²) in [5.41, 5.74) is -0.899. The Morgan fingerprint density at radius 3 is 2.59 bits per heavy atom. The van der Waals surface area contributed by atoms with Crippen molar-refractivity contribution in [3.05, 3.63) is 29.0 Å². The molecule has 0 saturated carbocycles. The monoisotopic (exact) mass is 330 g/mol. The van der Waals surface area contributed by atoms with Crippen LogP contribution in [0.2, 0.25) is 5.02 Å². The van der Waals surface area contributed by atoms with Gasteiger partial charge in [-0.25, -0.2) is 4.39 Å². The molecule has 0 radical (unpaired) electrons. The molecule has 122 valence electrons. The topological polar surface area (TPSA) is 78.4 Å². The molecule has 1 aromatic rings. The number of hydrogen-bond donors (Lipinski definition) is 3. The van der Waals surface area contributed by atoms with Crippen LogP contribution in [0, 0.1) is 11.7 Å². The average Bonchev–Trinajstić information content (AvgIpc) is 2.47. The third kappa shape index (κ3) is 4.96. The number of aliphatic hydroxyl groups is 1. The molecule has 0 fully saturated rings. The Morgan fingerprint density at radius 1 is 1.41 bits per heavy atom.